The molecule has 7 heteroatoms. The summed E-state index contributed by atoms with van der Waals surface area (Å²) in [5.74, 6) is 1.63. The van der Waals surface area contributed by atoms with Crippen molar-refractivity contribution in [1.82, 2.24) is 19.5 Å². The number of aromatic amines is 1. The molecule has 1 fully saturated rings. The van der Waals surface area contributed by atoms with Crippen LogP contribution in [0.3, 0.4) is 0 Å². The number of aromatic nitrogens is 4. The Morgan fingerprint density at radius 3 is 2.93 bits per heavy atom. The number of methoxy groups -OCH3 is 1. The Morgan fingerprint density at radius 1 is 1.22 bits per heavy atom. The van der Waals surface area contributed by atoms with E-state index in [1.54, 1.807) is 17.9 Å². The summed E-state index contributed by atoms with van der Waals surface area (Å²) in [5.41, 5.74) is 2.31. The third-order valence-corrected chi connectivity index (χ3v) is 5.20. The molecule has 4 aromatic rings. The van der Waals surface area contributed by atoms with Crippen LogP contribution < -0.4 is 15.7 Å². The zero-order valence-corrected chi connectivity index (χ0v) is 14.8. The summed E-state index contributed by atoms with van der Waals surface area (Å²) in [6, 6.07) is 14.0. The van der Waals surface area contributed by atoms with Crippen molar-refractivity contribution in [2.45, 2.75) is 24.9 Å². The monoisotopic (exact) mass is 361 g/mol. The molecule has 1 aliphatic carbocycles. The van der Waals surface area contributed by atoms with E-state index in [1.807, 2.05) is 42.5 Å². The van der Waals surface area contributed by atoms with Gasteiger partial charge in [0.25, 0.3) is 0 Å². The summed E-state index contributed by atoms with van der Waals surface area (Å²) in [6.07, 6.45) is 3.44. The van der Waals surface area contributed by atoms with Gasteiger partial charge in [-0.1, -0.05) is 0 Å². The lowest BCUT2D eigenvalue weighted by Gasteiger charge is -2.36. The first kappa shape index (κ1) is 15.9. The van der Waals surface area contributed by atoms with Gasteiger partial charge in [-0.3, -0.25) is 4.57 Å². The maximum atomic E-state index is 12.3. The second kappa shape index (κ2) is 6.12. The lowest BCUT2D eigenvalue weighted by molar-refractivity contribution is 0.282. The number of pyridine rings is 2. The highest BCUT2D eigenvalue weighted by atomic mass is 16.5. The van der Waals surface area contributed by atoms with Gasteiger partial charge in [-0.25, -0.2) is 14.8 Å². The fraction of sp³-hybridized carbons (Fsp3) is 0.250. The van der Waals surface area contributed by atoms with Gasteiger partial charge in [0.1, 0.15) is 11.6 Å². The van der Waals surface area contributed by atoms with E-state index in [0.29, 0.717) is 0 Å². The summed E-state index contributed by atoms with van der Waals surface area (Å²) < 4.78 is 7.05. The zero-order chi connectivity index (χ0) is 18.4. The molecule has 1 aliphatic rings. The number of hydrogen-bond acceptors (Lipinski definition) is 5. The number of nitrogens with zero attached hydrogens (tertiary/aromatic N) is 3. The average molecular weight is 361 g/mol. The van der Waals surface area contributed by atoms with Crippen LogP contribution in [0.25, 0.3) is 22.1 Å². The number of hydrogen-bond donors (Lipinski definition) is 2. The Morgan fingerprint density at radius 2 is 2.07 bits per heavy atom. The number of fused-ring (bicyclic) bond motifs is 2. The first-order chi connectivity index (χ1) is 13.2. The highest BCUT2D eigenvalue weighted by molar-refractivity contribution is 5.81. The quantitative estimate of drug-likeness (QED) is 0.583. The number of H-pyrrole nitrogens is 1. The Hall–Kier alpha value is -3.35. The number of anilines is 1. The summed E-state index contributed by atoms with van der Waals surface area (Å²) in [5, 5.41) is 4.54. The SMILES string of the molecule is COc1ccc2ccc(NC3CC(n4c(=O)[nH]c5cccnc54)C3)nc2c1. The van der Waals surface area contributed by atoms with E-state index in [9.17, 15) is 4.79 Å². The molecule has 27 heavy (non-hydrogen) atoms. The normalized spacial score (nSPS) is 19.1. The van der Waals surface area contributed by atoms with Crippen LogP contribution in [0.1, 0.15) is 18.9 Å². The van der Waals surface area contributed by atoms with Crippen LogP contribution in [0, 0.1) is 0 Å². The van der Waals surface area contributed by atoms with E-state index in [2.05, 4.69) is 20.3 Å². The van der Waals surface area contributed by atoms with Crippen LogP contribution in [0.5, 0.6) is 5.75 Å². The second-order valence-corrected chi connectivity index (χ2v) is 6.90. The van der Waals surface area contributed by atoms with Crippen LogP contribution in [0.4, 0.5) is 5.82 Å². The largest absolute Gasteiger partial charge is 0.497 e. The number of benzene rings is 1. The lowest BCUT2D eigenvalue weighted by Crippen LogP contribution is -2.40. The Kier molecular flexibility index (Phi) is 3.60. The van der Waals surface area contributed by atoms with E-state index >= 15 is 0 Å². The predicted molar refractivity (Wildman–Crippen MR) is 104 cm³/mol. The standard InChI is InChI=1S/C20H19N5O2/c1-27-15-6-4-12-5-7-18(23-17(12)11-15)22-13-9-14(10-13)25-19-16(24-20(25)26)3-2-8-21-19/h2-8,11,13-14H,9-10H2,1H3,(H,22,23)(H,24,26). The van der Waals surface area contributed by atoms with E-state index in [-0.39, 0.29) is 17.8 Å². The molecule has 0 atom stereocenters. The molecule has 1 saturated carbocycles. The van der Waals surface area contributed by atoms with Gasteiger partial charge >= 0.3 is 5.69 Å². The number of imidazole rings is 1. The van der Waals surface area contributed by atoms with E-state index in [1.165, 1.54) is 0 Å². The third kappa shape index (κ3) is 2.71. The minimum Gasteiger partial charge on any atom is -0.497 e. The predicted octanol–water partition coefficient (Wildman–Crippen LogP) is 3.10. The first-order valence-corrected chi connectivity index (χ1v) is 8.98. The number of ether oxygens (including phenoxy) is 1. The molecule has 3 heterocycles. The summed E-state index contributed by atoms with van der Waals surface area (Å²) in [7, 11) is 1.65. The fourth-order valence-corrected chi connectivity index (χ4v) is 3.73. The van der Waals surface area contributed by atoms with Gasteiger partial charge in [-0.2, -0.15) is 0 Å². The molecule has 1 aromatic carbocycles. The van der Waals surface area contributed by atoms with E-state index in [0.717, 1.165) is 46.5 Å². The second-order valence-electron chi connectivity index (χ2n) is 6.90. The van der Waals surface area contributed by atoms with Gasteiger partial charge in [-0.05, 0) is 49.2 Å². The Balaban J connectivity index is 1.33. The molecule has 0 unspecified atom stereocenters. The molecule has 0 bridgehead atoms. The van der Waals surface area contributed by atoms with Crippen molar-refractivity contribution in [1.29, 1.82) is 0 Å². The van der Waals surface area contributed by atoms with Crippen LogP contribution >= 0.6 is 0 Å². The molecule has 2 N–H and O–H groups in total. The van der Waals surface area contributed by atoms with Gasteiger partial charge < -0.3 is 15.0 Å². The smallest absolute Gasteiger partial charge is 0.327 e. The highest BCUT2D eigenvalue weighted by Crippen LogP contribution is 2.35. The van der Waals surface area contributed by atoms with Crippen molar-refractivity contribution in [3.05, 3.63) is 59.1 Å². The first-order valence-electron chi connectivity index (χ1n) is 8.98. The molecule has 0 radical (unpaired) electrons. The van der Waals surface area contributed by atoms with Crippen LogP contribution in [0.15, 0.2) is 53.5 Å². The maximum absolute atomic E-state index is 12.3. The summed E-state index contributed by atoms with van der Waals surface area (Å²) >= 11 is 0. The van der Waals surface area contributed by atoms with Crippen LogP contribution in [-0.4, -0.2) is 32.7 Å². The number of nitrogens with one attached hydrogen (secondary N) is 2. The maximum Gasteiger partial charge on any atom is 0.327 e. The zero-order valence-electron chi connectivity index (χ0n) is 14.8. The molecule has 0 aliphatic heterocycles. The Bertz CT molecular complexity index is 1190. The topological polar surface area (TPSA) is 84.8 Å². The van der Waals surface area contributed by atoms with Gasteiger partial charge in [0.2, 0.25) is 0 Å². The third-order valence-electron chi connectivity index (χ3n) is 5.20. The highest BCUT2D eigenvalue weighted by Gasteiger charge is 2.33. The molecule has 7 nitrogen and oxygen atoms in total. The minimum atomic E-state index is -0.0944. The molecule has 0 amide bonds. The van der Waals surface area contributed by atoms with Crippen LogP contribution in [-0.2, 0) is 0 Å². The fourth-order valence-electron chi connectivity index (χ4n) is 3.73. The van der Waals surface area contributed by atoms with Gasteiger partial charge in [0.05, 0.1) is 18.1 Å². The molecule has 3 aromatic heterocycles. The summed E-state index contributed by atoms with van der Waals surface area (Å²) in [4.78, 5) is 24.2. The van der Waals surface area contributed by atoms with Crippen molar-refractivity contribution >= 4 is 27.9 Å². The van der Waals surface area contributed by atoms with Gasteiger partial charge in [0, 0.05) is 29.7 Å². The van der Waals surface area contributed by atoms with Crippen LogP contribution in [0.2, 0.25) is 0 Å². The molecule has 5 rings (SSSR count). The van der Waals surface area contributed by atoms with Crippen molar-refractivity contribution in [2.24, 2.45) is 0 Å². The molecular weight excluding hydrogens is 342 g/mol. The van der Waals surface area contributed by atoms with Crippen molar-refractivity contribution in [3.63, 3.8) is 0 Å². The summed E-state index contributed by atoms with van der Waals surface area (Å²) in [6.45, 7) is 0. The molecule has 0 saturated heterocycles. The van der Waals surface area contributed by atoms with E-state index < -0.39 is 0 Å². The average Bonchev–Trinajstić information content (AvgIpc) is 2.99. The molecular formula is C20H19N5O2. The minimum absolute atomic E-state index is 0.0944. The Labute approximate surface area is 155 Å². The van der Waals surface area contributed by atoms with Crippen molar-refractivity contribution in [3.8, 4) is 5.75 Å². The van der Waals surface area contributed by atoms with Gasteiger partial charge in [-0.15, -0.1) is 0 Å². The molecule has 136 valence electrons. The van der Waals surface area contributed by atoms with Gasteiger partial charge in [0.15, 0.2) is 5.65 Å². The van der Waals surface area contributed by atoms with E-state index in [4.69, 9.17) is 4.74 Å². The molecule has 0 spiro atoms. The number of rotatable bonds is 4. The van der Waals surface area contributed by atoms with Crippen molar-refractivity contribution in [2.75, 3.05) is 12.4 Å². The lowest BCUT2D eigenvalue weighted by atomic mass is 9.86. The van der Waals surface area contributed by atoms with Crippen molar-refractivity contribution < 1.29 is 4.74 Å².